The average molecular weight is 196 g/mol. The predicted octanol–water partition coefficient (Wildman–Crippen LogP) is 2.35. The second-order valence-electron chi connectivity index (χ2n) is 3.00. The standard InChI is InChI=1S/C10H13FN2O/c1-2-3-7-10(14)13-9-6-4-5-8(11)12-9/h4-6H,2-3,7H2,1H3,(H,12,13,14). The average Bonchev–Trinajstić information content (AvgIpc) is 2.15. The molecule has 1 rings (SSSR count). The molecular weight excluding hydrogens is 183 g/mol. The molecule has 0 fully saturated rings. The van der Waals surface area contributed by atoms with Crippen LogP contribution >= 0.6 is 0 Å². The first-order chi connectivity index (χ1) is 6.72. The number of hydrogen-bond donors (Lipinski definition) is 1. The largest absolute Gasteiger partial charge is 0.311 e. The second kappa shape index (κ2) is 5.32. The highest BCUT2D eigenvalue weighted by Gasteiger charge is 2.02. The lowest BCUT2D eigenvalue weighted by atomic mass is 10.2. The van der Waals surface area contributed by atoms with E-state index in [1.165, 1.54) is 12.1 Å². The molecule has 1 aromatic heterocycles. The maximum atomic E-state index is 12.6. The number of carbonyl (C=O) groups excluding carboxylic acids is 1. The maximum absolute atomic E-state index is 12.6. The Kier molecular flexibility index (Phi) is 4.04. The molecule has 1 aromatic rings. The van der Waals surface area contributed by atoms with Gasteiger partial charge in [0.05, 0.1) is 0 Å². The molecule has 0 saturated heterocycles. The Labute approximate surface area is 82.4 Å². The summed E-state index contributed by atoms with van der Waals surface area (Å²) in [6.45, 7) is 2.01. The van der Waals surface area contributed by atoms with E-state index < -0.39 is 5.95 Å². The van der Waals surface area contributed by atoms with Crippen molar-refractivity contribution in [1.29, 1.82) is 0 Å². The van der Waals surface area contributed by atoms with Crippen LogP contribution in [0.3, 0.4) is 0 Å². The molecule has 4 heteroatoms. The van der Waals surface area contributed by atoms with Crippen molar-refractivity contribution in [3.8, 4) is 0 Å². The van der Waals surface area contributed by atoms with Crippen LogP contribution < -0.4 is 5.32 Å². The molecule has 0 saturated carbocycles. The monoisotopic (exact) mass is 196 g/mol. The lowest BCUT2D eigenvalue weighted by Gasteiger charge is -2.02. The van der Waals surface area contributed by atoms with Gasteiger partial charge in [0.25, 0.3) is 0 Å². The minimum absolute atomic E-state index is 0.120. The number of halogens is 1. The number of anilines is 1. The number of unbranched alkanes of at least 4 members (excludes halogenated alkanes) is 1. The van der Waals surface area contributed by atoms with Crippen LogP contribution in [0.25, 0.3) is 0 Å². The van der Waals surface area contributed by atoms with Crippen LogP contribution in [-0.2, 0) is 4.79 Å². The first kappa shape index (κ1) is 10.6. The van der Waals surface area contributed by atoms with Crippen molar-refractivity contribution in [1.82, 2.24) is 4.98 Å². The van der Waals surface area contributed by atoms with Gasteiger partial charge in [0.2, 0.25) is 11.9 Å². The van der Waals surface area contributed by atoms with E-state index in [9.17, 15) is 9.18 Å². The zero-order valence-electron chi connectivity index (χ0n) is 8.09. The summed E-state index contributed by atoms with van der Waals surface area (Å²) in [7, 11) is 0. The van der Waals surface area contributed by atoms with Gasteiger partial charge in [0.15, 0.2) is 0 Å². The Morgan fingerprint density at radius 1 is 1.57 bits per heavy atom. The predicted molar refractivity (Wildman–Crippen MR) is 52.3 cm³/mol. The van der Waals surface area contributed by atoms with Crippen LogP contribution in [0.4, 0.5) is 10.2 Å². The van der Waals surface area contributed by atoms with Crippen LogP contribution in [0.5, 0.6) is 0 Å². The molecule has 0 aromatic carbocycles. The molecule has 76 valence electrons. The summed E-state index contributed by atoms with van der Waals surface area (Å²) in [5.41, 5.74) is 0. The van der Waals surface area contributed by atoms with Gasteiger partial charge in [0.1, 0.15) is 5.82 Å². The van der Waals surface area contributed by atoms with Gasteiger partial charge in [-0.15, -0.1) is 0 Å². The Bertz CT molecular complexity index is 315. The molecule has 1 N–H and O–H groups in total. The number of carbonyl (C=O) groups is 1. The van der Waals surface area contributed by atoms with Gasteiger partial charge in [-0.25, -0.2) is 4.98 Å². The van der Waals surface area contributed by atoms with Gasteiger partial charge < -0.3 is 5.32 Å². The third kappa shape index (κ3) is 3.51. The number of aromatic nitrogens is 1. The maximum Gasteiger partial charge on any atom is 0.225 e. The summed E-state index contributed by atoms with van der Waals surface area (Å²) in [4.78, 5) is 14.7. The summed E-state index contributed by atoms with van der Waals surface area (Å²) in [5, 5.41) is 2.53. The number of amides is 1. The van der Waals surface area contributed by atoms with E-state index in [0.717, 1.165) is 12.8 Å². The van der Waals surface area contributed by atoms with Crippen molar-refractivity contribution >= 4 is 11.7 Å². The van der Waals surface area contributed by atoms with Gasteiger partial charge in [0, 0.05) is 6.42 Å². The third-order valence-corrected chi connectivity index (χ3v) is 1.74. The molecule has 0 aliphatic carbocycles. The van der Waals surface area contributed by atoms with Crippen LogP contribution in [-0.4, -0.2) is 10.9 Å². The number of rotatable bonds is 4. The van der Waals surface area contributed by atoms with E-state index in [0.29, 0.717) is 6.42 Å². The lowest BCUT2D eigenvalue weighted by molar-refractivity contribution is -0.116. The first-order valence-electron chi connectivity index (χ1n) is 4.64. The first-order valence-corrected chi connectivity index (χ1v) is 4.64. The third-order valence-electron chi connectivity index (χ3n) is 1.74. The Morgan fingerprint density at radius 3 is 3.00 bits per heavy atom. The number of hydrogen-bond acceptors (Lipinski definition) is 2. The summed E-state index contributed by atoms with van der Waals surface area (Å²) in [6, 6.07) is 4.31. The fourth-order valence-electron chi connectivity index (χ4n) is 1.02. The number of nitrogens with zero attached hydrogens (tertiary/aromatic N) is 1. The van der Waals surface area contributed by atoms with Crippen LogP contribution in [0.2, 0.25) is 0 Å². The highest BCUT2D eigenvalue weighted by Crippen LogP contribution is 2.05. The Morgan fingerprint density at radius 2 is 2.36 bits per heavy atom. The topological polar surface area (TPSA) is 42.0 Å². The summed E-state index contributed by atoms with van der Waals surface area (Å²) < 4.78 is 12.6. The number of pyridine rings is 1. The van der Waals surface area contributed by atoms with Gasteiger partial charge in [-0.1, -0.05) is 19.4 Å². The van der Waals surface area contributed by atoms with Gasteiger partial charge in [-0.3, -0.25) is 4.79 Å². The summed E-state index contributed by atoms with van der Waals surface area (Å²) in [6.07, 6.45) is 2.25. The van der Waals surface area contributed by atoms with Crippen molar-refractivity contribution in [2.45, 2.75) is 26.2 Å². The van der Waals surface area contributed by atoms with Crippen molar-refractivity contribution in [2.75, 3.05) is 5.32 Å². The van der Waals surface area contributed by atoms with E-state index >= 15 is 0 Å². The van der Waals surface area contributed by atoms with Crippen LogP contribution in [0.15, 0.2) is 18.2 Å². The molecule has 0 radical (unpaired) electrons. The molecule has 0 unspecified atom stereocenters. The second-order valence-corrected chi connectivity index (χ2v) is 3.00. The van der Waals surface area contributed by atoms with E-state index in [4.69, 9.17) is 0 Å². The lowest BCUT2D eigenvalue weighted by Crippen LogP contribution is -2.12. The fraction of sp³-hybridized carbons (Fsp3) is 0.400. The minimum atomic E-state index is -0.585. The molecule has 3 nitrogen and oxygen atoms in total. The van der Waals surface area contributed by atoms with Crippen LogP contribution in [0.1, 0.15) is 26.2 Å². The number of nitrogens with one attached hydrogen (secondary N) is 1. The van der Waals surface area contributed by atoms with Gasteiger partial charge in [-0.2, -0.15) is 4.39 Å². The van der Waals surface area contributed by atoms with E-state index in [2.05, 4.69) is 10.3 Å². The molecule has 0 spiro atoms. The molecule has 1 heterocycles. The Hall–Kier alpha value is -1.45. The van der Waals surface area contributed by atoms with Crippen molar-refractivity contribution in [3.63, 3.8) is 0 Å². The fourth-order valence-corrected chi connectivity index (χ4v) is 1.02. The molecule has 14 heavy (non-hydrogen) atoms. The molecule has 0 bridgehead atoms. The normalized spacial score (nSPS) is 9.86. The molecule has 0 aliphatic rings. The summed E-state index contributed by atoms with van der Waals surface area (Å²) in [5.74, 6) is -0.436. The quantitative estimate of drug-likeness (QED) is 0.751. The molecular formula is C10H13FN2O. The highest BCUT2D eigenvalue weighted by molar-refractivity contribution is 5.89. The minimum Gasteiger partial charge on any atom is -0.311 e. The van der Waals surface area contributed by atoms with Crippen LogP contribution in [0, 0.1) is 5.95 Å². The SMILES string of the molecule is CCCCC(=O)Nc1cccc(F)n1. The van der Waals surface area contributed by atoms with E-state index in [1.54, 1.807) is 6.07 Å². The van der Waals surface area contributed by atoms with E-state index in [-0.39, 0.29) is 11.7 Å². The summed E-state index contributed by atoms with van der Waals surface area (Å²) >= 11 is 0. The van der Waals surface area contributed by atoms with Crippen molar-refractivity contribution in [2.24, 2.45) is 0 Å². The van der Waals surface area contributed by atoms with Gasteiger partial charge in [-0.05, 0) is 18.6 Å². The molecule has 0 atom stereocenters. The smallest absolute Gasteiger partial charge is 0.225 e. The van der Waals surface area contributed by atoms with Crippen molar-refractivity contribution < 1.29 is 9.18 Å². The van der Waals surface area contributed by atoms with E-state index in [1.807, 2.05) is 6.92 Å². The van der Waals surface area contributed by atoms with Crippen molar-refractivity contribution in [3.05, 3.63) is 24.1 Å². The zero-order chi connectivity index (χ0) is 10.4. The molecule has 0 aliphatic heterocycles. The zero-order valence-corrected chi connectivity index (χ0v) is 8.09. The van der Waals surface area contributed by atoms with Gasteiger partial charge >= 0.3 is 0 Å². The Balaban J connectivity index is 2.47. The molecule has 1 amide bonds. The highest BCUT2D eigenvalue weighted by atomic mass is 19.1.